The molecule has 0 heterocycles. The summed E-state index contributed by atoms with van der Waals surface area (Å²) in [4.78, 5) is 11.5. The summed E-state index contributed by atoms with van der Waals surface area (Å²) in [7, 11) is -1.45. The second kappa shape index (κ2) is 7.66. The van der Waals surface area contributed by atoms with E-state index in [2.05, 4.69) is 48.5 Å². The lowest BCUT2D eigenvalue weighted by Gasteiger charge is -2.42. The Morgan fingerprint density at radius 3 is 1.87 bits per heavy atom. The van der Waals surface area contributed by atoms with Gasteiger partial charge >= 0.3 is 5.97 Å². The van der Waals surface area contributed by atoms with Crippen molar-refractivity contribution in [2.24, 2.45) is 0 Å². The number of ether oxygens (including phenoxy) is 1. The highest BCUT2D eigenvalue weighted by atomic mass is 31.2. The van der Waals surface area contributed by atoms with Crippen LogP contribution in [0.2, 0.25) is 0 Å². The van der Waals surface area contributed by atoms with E-state index in [1.165, 1.54) is 0 Å². The van der Waals surface area contributed by atoms with Gasteiger partial charge in [0.15, 0.2) is 0 Å². The van der Waals surface area contributed by atoms with Gasteiger partial charge in [-0.05, 0) is 66.2 Å². The van der Waals surface area contributed by atoms with Gasteiger partial charge in [0, 0.05) is 6.92 Å². The molecule has 1 unspecified atom stereocenters. The molecule has 0 aromatic heterocycles. The fraction of sp³-hybridized carbons (Fsp3) is 0.632. The molecular weight excluding hydrogens is 307 g/mol. The minimum absolute atomic E-state index is 0.0300. The van der Waals surface area contributed by atoms with Crippen LogP contribution in [0.4, 0.5) is 0 Å². The van der Waals surface area contributed by atoms with Crippen LogP contribution in [0.5, 0.6) is 5.75 Å². The third-order valence-electron chi connectivity index (χ3n) is 4.98. The van der Waals surface area contributed by atoms with E-state index < -0.39 is 13.2 Å². The summed E-state index contributed by atoms with van der Waals surface area (Å²) >= 11 is 0. The first-order valence-corrected chi connectivity index (χ1v) is 10.5. The molecule has 0 saturated carbocycles. The Morgan fingerprint density at radius 2 is 1.48 bits per heavy atom. The molecule has 1 aromatic carbocycles. The van der Waals surface area contributed by atoms with Crippen LogP contribution in [-0.4, -0.2) is 33.9 Å². The zero-order valence-electron chi connectivity index (χ0n) is 15.8. The fourth-order valence-corrected chi connectivity index (χ4v) is 10.6. The number of aryl methyl sites for hydroxylation is 1. The van der Waals surface area contributed by atoms with E-state index in [9.17, 15) is 9.90 Å². The van der Waals surface area contributed by atoms with Gasteiger partial charge in [-0.25, -0.2) is 4.79 Å². The Morgan fingerprint density at radius 1 is 1.00 bits per heavy atom. The van der Waals surface area contributed by atoms with E-state index in [0.717, 1.165) is 5.56 Å². The van der Waals surface area contributed by atoms with E-state index in [0.29, 0.717) is 22.7 Å². The van der Waals surface area contributed by atoms with Crippen molar-refractivity contribution < 1.29 is 14.6 Å². The van der Waals surface area contributed by atoms with Gasteiger partial charge in [-0.15, -0.1) is 0 Å². The van der Waals surface area contributed by atoms with Crippen LogP contribution in [0.15, 0.2) is 18.2 Å². The summed E-state index contributed by atoms with van der Waals surface area (Å²) in [5.41, 5.74) is 2.87. The fourth-order valence-electron chi connectivity index (χ4n) is 4.23. The van der Waals surface area contributed by atoms with Crippen molar-refractivity contribution >= 4 is 13.2 Å². The third kappa shape index (κ3) is 3.88. The van der Waals surface area contributed by atoms with Crippen molar-refractivity contribution in [3.63, 3.8) is 0 Å². The van der Waals surface area contributed by atoms with Crippen LogP contribution in [-0.2, 0) is 0 Å². The smallest absolute Gasteiger partial charge is 0.339 e. The maximum absolute atomic E-state index is 11.5. The molecule has 0 fully saturated rings. The number of rotatable bonds is 7. The predicted octanol–water partition coefficient (Wildman–Crippen LogP) is 5.66. The Balaban J connectivity index is 3.31. The Labute approximate surface area is 141 Å². The number of hydrogen-bond donors (Lipinski definition) is 1. The van der Waals surface area contributed by atoms with Gasteiger partial charge in [0.1, 0.15) is 11.3 Å². The average molecular weight is 339 g/mol. The van der Waals surface area contributed by atoms with Crippen molar-refractivity contribution in [3.8, 4) is 5.75 Å². The predicted molar refractivity (Wildman–Crippen MR) is 101 cm³/mol. The number of hydrogen-bond acceptors (Lipinski definition) is 2. The summed E-state index contributed by atoms with van der Waals surface area (Å²) in [6.07, 6.45) is 0. The Kier molecular flexibility index (Phi) is 6.65. The second-order valence-electron chi connectivity index (χ2n) is 7.20. The summed E-state index contributed by atoms with van der Waals surface area (Å²) in [5.74, 6) is -0.409. The molecule has 1 N–H and O–H groups in total. The zero-order valence-corrected chi connectivity index (χ0v) is 16.6. The van der Waals surface area contributed by atoms with Crippen LogP contribution in [0.1, 0.15) is 64.4 Å². The highest BCUT2D eigenvalue weighted by molar-refractivity contribution is 7.78. The molecular formula is C19H32O3P+. The van der Waals surface area contributed by atoms with Crippen molar-refractivity contribution in [2.75, 3.05) is 0 Å². The van der Waals surface area contributed by atoms with Gasteiger partial charge in [-0.1, -0.05) is 6.07 Å². The molecule has 4 heteroatoms. The Bertz CT molecular complexity index is 528. The van der Waals surface area contributed by atoms with E-state index in [1.807, 2.05) is 19.1 Å². The van der Waals surface area contributed by atoms with Gasteiger partial charge < -0.3 is 9.84 Å². The zero-order chi connectivity index (χ0) is 17.9. The standard InChI is InChI=1S/C19H31O3P/c1-12(2)23(13(3)4,14(5)6)16(8)22-18-11-15(7)9-10-17(18)19(20)21/h9-14,16H,1-8H3/p+1. The molecule has 1 aromatic rings. The normalized spacial score (nSPS) is 13.7. The topological polar surface area (TPSA) is 46.5 Å². The van der Waals surface area contributed by atoms with Gasteiger partial charge in [-0.3, -0.25) is 0 Å². The summed E-state index contributed by atoms with van der Waals surface area (Å²) < 4.78 is 6.31. The van der Waals surface area contributed by atoms with Gasteiger partial charge in [0.2, 0.25) is 5.85 Å². The molecule has 1 atom stereocenters. The van der Waals surface area contributed by atoms with E-state index in [1.54, 1.807) is 6.07 Å². The number of carboxylic acid groups (broad SMARTS) is 1. The molecule has 0 bridgehead atoms. The van der Waals surface area contributed by atoms with Gasteiger partial charge in [0.05, 0.1) is 24.2 Å². The van der Waals surface area contributed by atoms with E-state index >= 15 is 0 Å². The van der Waals surface area contributed by atoms with Crippen LogP contribution < -0.4 is 4.74 Å². The maximum atomic E-state index is 11.5. The van der Waals surface area contributed by atoms with Crippen molar-refractivity contribution in [1.82, 2.24) is 0 Å². The first kappa shape index (κ1) is 20.0. The molecule has 23 heavy (non-hydrogen) atoms. The SMILES string of the molecule is Cc1ccc(C(=O)O)c(OC(C)[P+](C(C)C)(C(C)C)C(C)C)c1. The second-order valence-corrected chi connectivity index (χ2v) is 12.8. The molecule has 0 aliphatic heterocycles. The van der Waals surface area contributed by atoms with Crippen molar-refractivity contribution in [3.05, 3.63) is 29.3 Å². The van der Waals surface area contributed by atoms with Crippen LogP contribution in [0.25, 0.3) is 0 Å². The molecule has 0 spiro atoms. The molecule has 0 aliphatic rings. The lowest BCUT2D eigenvalue weighted by molar-refractivity contribution is 0.0692. The minimum Gasteiger partial charge on any atom is -0.478 e. The monoisotopic (exact) mass is 339 g/mol. The molecule has 1 rings (SSSR count). The van der Waals surface area contributed by atoms with Gasteiger partial charge in [0.25, 0.3) is 0 Å². The molecule has 3 nitrogen and oxygen atoms in total. The van der Waals surface area contributed by atoms with E-state index in [4.69, 9.17) is 4.74 Å². The highest BCUT2D eigenvalue weighted by Gasteiger charge is 2.53. The summed E-state index contributed by atoms with van der Waals surface area (Å²) in [6.45, 7) is 17.8. The molecule has 0 saturated heterocycles. The number of carbonyl (C=O) groups is 1. The summed E-state index contributed by atoms with van der Waals surface area (Å²) in [5, 5.41) is 9.43. The quantitative estimate of drug-likeness (QED) is 0.652. The van der Waals surface area contributed by atoms with Crippen LogP contribution in [0.3, 0.4) is 0 Å². The largest absolute Gasteiger partial charge is 0.478 e. The summed E-state index contributed by atoms with van der Waals surface area (Å²) in [6, 6.07) is 5.30. The first-order valence-electron chi connectivity index (χ1n) is 8.43. The number of aromatic carboxylic acids is 1. The number of benzene rings is 1. The lowest BCUT2D eigenvalue weighted by atomic mass is 10.1. The molecule has 0 radical (unpaired) electrons. The van der Waals surface area contributed by atoms with Crippen LogP contribution in [0, 0.1) is 6.92 Å². The number of carboxylic acids is 1. The molecule has 0 aliphatic carbocycles. The third-order valence-corrected chi connectivity index (χ3v) is 11.7. The van der Waals surface area contributed by atoms with Crippen LogP contribution >= 0.6 is 7.26 Å². The molecule has 130 valence electrons. The lowest BCUT2D eigenvalue weighted by Crippen LogP contribution is -2.34. The van der Waals surface area contributed by atoms with E-state index in [-0.39, 0.29) is 11.4 Å². The van der Waals surface area contributed by atoms with Crippen molar-refractivity contribution in [2.45, 2.75) is 78.2 Å². The molecule has 0 amide bonds. The highest BCUT2D eigenvalue weighted by Crippen LogP contribution is 2.73. The maximum Gasteiger partial charge on any atom is 0.339 e. The van der Waals surface area contributed by atoms with Crippen molar-refractivity contribution in [1.29, 1.82) is 0 Å². The van der Waals surface area contributed by atoms with Gasteiger partial charge in [-0.2, -0.15) is 0 Å². The minimum atomic E-state index is -1.45. The average Bonchev–Trinajstić information content (AvgIpc) is 2.37. The first-order chi connectivity index (χ1) is 10.5. The Hall–Kier alpha value is -1.08.